The Kier molecular flexibility index (Phi) is 4.71. The second-order valence-corrected chi connectivity index (χ2v) is 4.97. The molecule has 1 fully saturated rings. The van der Waals surface area contributed by atoms with Gasteiger partial charge in [-0.15, -0.1) is 0 Å². The normalized spacial score (nSPS) is 24.3. The first kappa shape index (κ1) is 15.2. The highest BCUT2D eigenvalue weighted by Gasteiger charge is 2.40. The molecule has 0 saturated carbocycles. The van der Waals surface area contributed by atoms with Gasteiger partial charge in [0.1, 0.15) is 12.1 Å². The summed E-state index contributed by atoms with van der Waals surface area (Å²) in [6.07, 6.45) is -0.899. The number of likely N-dealkylation sites (tertiary alicyclic amines) is 1. The predicted molar refractivity (Wildman–Crippen MR) is 65.1 cm³/mol. The molecule has 0 aromatic rings. The summed E-state index contributed by atoms with van der Waals surface area (Å²) in [5, 5.41) is 20.8. The molecule has 108 valence electrons. The Hall–Kier alpha value is -1.83. The molecule has 1 saturated heterocycles. The Labute approximate surface area is 110 Å². The minimum Gasteiger partial charge on any atom is -0.480 e. The van der Waals surface area contributed by atoms with Crippen LogP contribution in [0.5, 0.6) is 0 Å². The van der Waals surface area contributed by atoms with E-state index < -0.39 is 36.1 Å². The molecule has 1 rings (SSSR count). The number of aliphatic carboxylic acids is 1. The van der Waals surface area contributed by atoms with Crippen molar-refractivity contribution in [1.82, 2.24) is 10.2 Å². The monoisotopic (exact) mass is 273 g/mol. The number of aliphatic hydroxyl groups excluding tert-OH is 1. The van der Waals surface area contributed by atoms with Crippen LogP contribution in [0.2, 0.25) is 0 Å². The number of carbonyl (C=O) groups is 3. The van der Waals surface area contributed by atoms with Gasteiger partial charge in [0.15, 0.2) is 0 Å². The minimum absolute atomic E-state index is 0.0222. The largest absolute Gasteiger partial charge is 0.480 e. The molecular weight excluding hydrogens is 254 g/mol. The average molecular weight is 273 g/mol. The minimum atomic E-state index is -1.19. The average Bonchev–Trinajstić information content (AvgIpc) is 2.67. The van der Waals surface area contributed by atoms with Crippen molar-refractivity contribution >= 4 is 17.9 Å². The quantitative estimate of drug-likeness (QED) is 0.506. The van der Waals surface area contributed by atoms with Gasteiger partial charge in [-0.2, -0.15) is 0 Å². The number of carboxylic acids is 1. The lowest BCUT2D eigenvalue weighted by Crippen LogP contribution is -2.54. The number of nitrogens with one attached hydrogen (secondary N) is 1. The van der Waals surface area contributed by atoms with Crippen LogP contribution in [0.15, 0.2) is 0 Å². The van der Waals surface area contributed by atoms with Crippen molar-refractivity contribution < 1.29 is 24.6 Å². The molecule has 1 unspecified atom stereocenters. The van der Waals surface area contributed by atoms with E-state index in [9.17, 15) is 19.5 Å². The van der Waals surface area contributed by atoms with Crippen molar-refractivity contribution in [2.75, 3.05) is 6.54 Å². The Morgan fingerprint density at radius 3 is 2.37 bits per heavy atom. The molecule has 0 radical (unpaired) electrons. The zero-order chi connectivity index (χ0) is 14.7. The SMILES string of the molecule is CC(C)C(NC(=O)N1C[C@H](O)C[C@@H]1C(=O)O)C(N)=O. The molecule has 3 amide bonds. The molecule has 19 heavy (non-hydrogen) atoms. The van der Waals surface area contributed by atoms with Crippen LogP contribution in [0, 0.1) is 5.92 Å². The second-order valence-electron chi connectivity index (χ2n) is 4.97. The maximum Gasteiger partial charge on any atom is 0.326 e. The third-order valence-electron chi connectivity index (χ3n) is 3.08. The Balaban J connectivity index is 2.76. The highest BCUT2D eigenvalue weighted by atomic mass is 16.4. The molecule has 1 aliphatic rings. The van der Waals surface area contributed by atoms with Gasteiger partial charge in [-0.3, -0.25) is 4.79 Å². The molecule has 0 aromatic heterocycles. The van der Waals surface area contributed by atoms with E-state index in [1.807, 2.05) is 0 Å². The van der Waals surface area contributed by atoms with Crippen molar-refractivity contribution in [3.05, 3.63) is 0 Å². The zero-order valence-electron chi connectivity index (χ0n) is 10.9. The van der Waals surface area contributed by atoms with Crippen LogP contribution in [-0.2, 0) is 9.59 Å². The number of rotatable bonds is 4. The van der Waals surface area contributed by atoms with Gasteiger partial charge in [0.05, 0.1) is 6.10 Å². The molecule has 8 heteroatoms. The summed E-state index contributed by atoms with van der Waals surface area (Å²) < 4.78 is 0. The fourth-order valence-electron chi connectivity index (χ4n) is 2.05. The number of β-amino-alcohol motifs (C(OH)–C–C–N with tert-alkyl or cyclic N) is 1. The van der Waals surface area contributed by atoms with E-state index in [-0.39, 0.29) is 18.9 Å². The van der Waals surface area contributed by atoms with Crippen LogP contribution >= 0.6 is 0 Å². The smallest absolute Gasteiger partial charge is 0.326 e. The molecule has 0 spiro atoms. The first-order chi connectivity index (χ1) is 8.73. The second kappa shape index (κ2) is 5.87. The fourth-order valence-corrected chi connectivity index (χ4v) is 2.05. The number of hydrogen-bond donors (Lipinski definition) is 4. The third kappa shape index (κ3) is 3.57. The van der Waals surface area contributed by atoms with E-state index in [0.717, 1.165) is 4.90 Å². The van der Waals surface area contributed by atoms with Gasteiger partial charge in [0, 0.05) is 13.0 Å². The van der Waals surface area contributed by atoms with E-state index in [1.54, 1.807) is 13.8 Å². The summed E-state index contributed by atoms with van der Waals surface area (Å²) >= 11 is 0. The van der Waals surface area contributed by atoms with E-state index in [0.29, 0.717) is 0 Å². The molecule has 5 N–H and O–H groups in total. The van der Waals surface area contributed by atoms with Crippen LogP contribution in [0.4, 0.5) is 4.79 Å². The summed E-state index contributed by atoms with van der Waals surface area (Å²) in [5.74, 6) is -2.08. The van der Waals surface area contributed by atoms with E-state index in [1.165, 1.54) is 0 Å². The number of carboxylic acid groups (broad SMARTS) is 1. The van der Waals surface area contributed by atoms with Crippen LogP contribution in [0.25, 0.3) is 0 Å². The first-order valence-corrected chi connectivity index (χ1v) is 6.01. The summed E-state index contributed by atoms with van der Waals surface area (Å²) in [6.45, 7) is 3.35. The first-order valence-electron chi connectivity index (χ1n) is 6.01. The maximum absolute atomic E-state index is 12.0. The summed E-state index contributed by atoms with van der Waals surface area (Å²) in [4.78, 5) is 35.1. The molecule has 0 bridgehead atoms. The summed E-state index contributed by atoms with van der Waals surface area (Å²) in [5.41, 5.74) is 5.17. The number of nitrogens with two attached hydrogens (primary N) is 1. The van der Waals surface area contributed by atoms with Crippen molar-refractivity contribution in [2.24, 2.45) is 11.7 Å². The van der Waals surface area contributed by atoms with Crippen molar-refractivity contribution in [3.63, 3.8) is 0 Å². The van der Waals surface area contributed by atoms with Crippen LogP contribution in [0.3, 0.4) is 0 Å². The number of hydrogen-bond acceptors (Lipinski definition) is 4. The number of amides is 3. The molecule has 3 atom stereocenters. The number of primary amides is 1. The molecule has 0 aromatic carbocycles. The molecule has 8 nitrogen and oxygen atoms in total. The zero-order valence-corrected chi connectivity index (χ0v) is 10.9. The van der Waals surface area contributed by atoms with Crippen molar-refractivity contribution in [2.45, 2.75) is 38.5 Å². The van der Waals surface area contributed by atoms with Gasteiger partial charge < -0.3 is 26.2 Å². The molecular formula is C11H19N3O5. The van der Waals surface area contributed by atoms with Gasteiger partial charge in [-0.25, -0.2) is 9.59 Å². The highest BCUT2D eigenvalue weighted by Crippen LogP contribution is 2.18. The molecule has 1 aliphatic heterocycles. The lowest BCUT2D eigenvalue weighted by molar-refractivity contribution is -0.141. The molecule has 1 heterocycles. The van der Waals surface area contributed by atoms with Crippen LogP contribution in [-0.4, -0.2) is 57.8 Å². The number of urea groups is 1. The highest BCUT2D eigenvalue weighted by molar-refractivity contribution is 5.88. The Morgan fingerprint density at radius 1 is 1.37 bits per heavy atom. The summed E-state index contributed by atoms with van der Waals surface area (Å²) in [7, 11) is 0. The topological polar surface area (TPSA) is 133 Å². The molecule has 0 aliphatic carbocycles. The van der Waals surface area contributed by atoms with Gasteiger partial charge in [-0.05, 0) is 5.92 Å². The van der Waals surface area contributed by atoms with Gasteiger partial charge in [0.2, 0.25) is 5.91 Å². The Morgan fingerprint density at radius 2 is 1.95 bits per heavy atom. The van der Waals surface area contributed by atoms with Crippen LogP contribution < -0.4 is 11.1 Å². The fraction of sp³-hybridized carbons (Fsp3) is 0.727. The maximum atomic E-state index is 12.0. The van der Waals surface area contributed by atoms with Gasteiger partial charge in [0.25, 0.3) is 0 Å². The number of aliphatic hydroxyl groups is 1. The standard InChI is InChI=1S/C11H19N3O5/c1-5(2)8(9(12)16)13-11(19)14-4-6(15)3-7(14)10(17)18/h5-8,15H,3-4H2,1-2H3,(H2,12,16)(H,13,19)(H,17,18)/t6-,7-,8?/m1/s1. The number of carbonyl (C=O) groups excluding carboxylic acids is 2. The van der Waals surface area contributed by atoms with Crippen molar-refractivity contribution in [3.8, 4) is 0 Å². The lowest BCUT2D eigenvalue weighted by atomic mass is 10.0. The van der Waals surface area contributed by atoms with Gasteiger partial charge >= 0.3 is 12.0 Å². The van der Waals surface area contributed by atoms with E-state index in [2.05, 4.69) is 5.32 Å². The van der Waals surface area contributed by atoms with Gasteiger partial charge in [-0.1, -0.05) is 13.8 Å². The summed E-state index contributed by atoms with van der Waals surface area (Å²) in [6, 6.07) is -2.67. The lowest BCUT2D eigenvalue weighted by Gasteiger charge is -2.26. The van der Waals surface area contributed by atoms with E-state index >= 15 is 0 Å². The predicted octanol–water partition coefficient (Wildman–Crippen LogP) is -1.27. The number of nitrogens with zero attached hydrogens (tertiary/aromatic N) is 1. The van der Waals surface area contributed by atoms with E-state index in [4.69, 9.17) is 10.8 Å². The van der Waals surface area contributed by atoms with Crippen LogP contribution in [0.1, 0.15) is 20.3 Å². The Bertz CT molecular complexity index is 385. The third-order valence-corrected chi connectivity index (χ3v) is 3.08. The van der Waals surface area contributed by atoms with Crippen molar-refractivity contribution in [1.29, 1.82) is 0 Å².